The molecule has 0 radical (unpaired) electrons. The predicted molar refractivity (Wildman–Crippen MR) is 307 cm³/mol. The first-order chi connectivity index (χ1) is 34.6. The third-order valence-electron chi connectivity index (χ3n) is 15.4. The predicted octanol–water partition coefficient (Wildman–Crippen LogP) is 22.1. The summed E-state index contributed by atoms with van der Waals surface area (Å²) >= 11 is 0. The molecule has 0 aromatic rings. The molecule has 70 heavy (non-hydrogen) atoms. The quantitative estimate of drug-likeness (QED) is 0.0486. The molecule has 0 aliphatic heterocycles. The molecule has 0 aromatic carbocycles. The van der Waals surface area contributed by atoms with Gasteiger partial charge in [0.1, 0.15) is 6.61 Å². The second-order valence-electron chi connectivity index (χ2n) is 22.6. The van der Waals surface area contributed by atoms with Crippen molar-refractivity contribution in [3.8, 4) is 0 Å². The average Bonchev–Trinajstić information content (AvgIpc) is 3.36. The van der Waals surface area contributed by atoms with Crippen LogP contribution in [0.3, 0.4) is 0 Å². The molecular formula is C65H128O5. The highest BCUT2D eigenvalue weighted by Gasteiger charge is 2.16. The van der Waals surface area contributed by atoms with Crippen LogP contribution in [0.5, 0.6) is 0 Å². The highest BCUT2D eigenvalue weighted by molar-refractivity contribution is 5.70. The van der Waals surface area contributed by atoms with Gasteiger partial charge in [-0.2, -0.15) is 0 Å². The molecule has 0 heterocycles. The van der Waals surface area contributed by atoms with Gasteiger partial charge in [0, 0.05) is 12.8 Å². The second-order valence-corrected chi connectivity index (χ2v) is 22.6. The van der Waals surface area contributed by atoms with E-state index in [4.69, 9.17) is 9.47 Å². The molecule has 5 nitrogen and oxygen atoms in total. The Balaban J connectivity index is 3.36. The first-order valence-electron chi connectivity index (χ1n) is 32.6. The van der Waals surface area contributed by atoms with Crippen LogP contribution in [-0.2, 0) is 19.1 Å². The smallest absolute Gasteiger partial charge is 0.306 e. The molecule has 0 spiro atoms. The molecule has 1 atom stereocenters. The minimum Gasteiger partial charge on any atom is -0.462 e. The van der Waals surface area contributed by atoms with Crippen molar-refractivity contribution in [2.24, 2.45) is 0 Å². The number of rotatable bonds is 62. The highest BCUT2D eigenvalue weighted by atomic mass is 16.6. The second kappa shape index (κ2) is 62.2. The van der Waals surface area contributed by atoms with Gasteiger partial charge in [0.15, 0.2) is 6.10 Å². The lowest BCUT2D eigenvalue weighted by Gasteiger charge is -2.15. The summed E-state index contributed by atoms with van der Waals surface area (Å²) in [6, 6.07) is 0. The molecule has 1 N–H and O–H groups in total. The number of esters is 2. The number of aliphatic hydroxyl groups excluding tert-OH is 1. The molecule has 1 unspecified atom stereocenters. The average molecular weight is 990 g/mol. The van der Waals surface area contributed by atoms with Gasteiger partial charge in [0.2, 0.25) is 0 Å². The van der Waals surface area contributed by atoms with E-state index in [0.717, 1.165) is 32.1 Å². The van der Waals surface area contributed by atoms with E-state index in [9.17, 15) is 14.7 Å². The molecule has 0 rings (SSSR count). The normalized spacial score (nSPS) is 12.0. The SMILES string of the molecule is CCCCCCCCCCCCCCCCCCCCCCCCCCCCCCCC(=O)OC(CO)COC(=O)CCCCCCCCCCCCCCCCCCCCCCCCCCCCC. The lowest BCUT2D eigenvalue weighted by molar-refractivity contribution is -0.161. The van der Waals surface area contributed by atoms with Crippen molar-refractivity contribution in [1.29, 1.82) is 0 Å². The number of aliphatic hydroxyl groups is 1. The standard InChI is InChI=1S/C65H128O5/c1-3-5-7-9-11-13-15-17-19-21-23-25-27-29-31-32-34-36-38-40-42-44-46-48-50-52-54-56-58-60-65(68)70-63(61-66)62-69-64(67)59-57-55-53-51-49-47-45-43-41-39-37-35-33-30-28-26-24-22-20-18-16-14-12-10-8-6-4-2/h63,66H,3-62H2,1-2H3. The molecule has 0 aromatic heterocycles. The summed E-state index contributed by atoms with van der Waals surface area (Å²) < 4.78 is 10.8. The minimum atomic E-state index is -0.765. The van der Waals surface area contributed by atoms with E-state index in [1.807, 2.05) is 0 Å². The van der Waals surface area contributed by atoms with E-state index in [1.54, 1.807) is 0 Å². The van der Waals surface area contributed by atoms with Crippen molar-refractivity contribution in [2.45, 2.75) is 392 Å². The van der Waals surface area contributed by atoms with Crippen LogP contribution in [0.4, 0.5) is 0 Å². The van der Waals surface area contributed by atoms with Crippen LogP contribution in [0.25, 0.3) is 0 Å². The summed E-state index contributed by atoms with van der Waals surface area (Å²) in [5.41, 5.74) is 0. The summed E-state index contributed by atoms with van der Waals surface area (Å²) in [7, 11) is 0. The van der Waals surface area contributed by atoms with E-state index in [0.29, 0.717) is 12.8 Å². The molecule has 0 saturated carbocycles. The highest BCUT2D eigenvalue weighted by Crippen LogP contribution is 2.19. The van der Waals surface area contributed by atoms with E-state index >= 15 is 0 Å². The third kappa shape index (κ3) is 59.5. The number of hydrogen-bond donors (Lipinski definition) is 1. The first-order valence-corrected chi connectivity index (χ1v) is 32.6. The van der Waals surface area contributed by atoms with Crippen molar-refractivity contribution in [2.75, 3.05) is 13.2 Å². The molecule has 0 aliphatic carbocycles. The third-order valence-corrected chi connectivity index (χ3v) is 15.4. The fourth-order valence-corrected chi connectivity index (χ4v) is 10.5. The van der Waals surface area contributed by atoms with Gasteiger partial charge >= 0.3 is 11.9 Å². The fourth-order valence-electron chi connectivity index (χ4n) is 10.5. The van der Waals surface area contributed by atoms with Gasteiger partial charge in [-0.3, -0.25) is 9.59 Å². The molecule has 418 valence electrons. The number of ether oxygens (including phenoxy) is 2. The first kappa shape index (κ1) is 68.9. The summed E-state index contributed by atoms with van der Waals surface area (Å²) in [6.45, 7) is 4.22. The van der Waals surface area contributed by atoms with Gasteiger partial charge in [-0.1, -0.05) is 361 Å². The van der Waals surface area contributed by atoms with Crippen LogP contribution in [0, 0.1) is 0 Å². The molecule has 5 heteroatoms. The van der Waals surface area contributed by atoms with Crippen molar-refractivity contribution in [3.05, 3.63) is 0 Å². The topological polar surface area (TPSA) is 72.8 Å². The Labute approximate surface area is 439 Å². The number of carbonyl (C=O) groups excluding carboxylic acids is 2. The van der Waals surface area contributed by atoms with Gasteiger partial charge in [-0.15, -0.1) is 0 Å². The molecule has 0 fully saturated rings. The van der Waals surface area contributed by atoms with Gasteiger partial charge in [-0.05, 0) is 12.8 Å². The lowest BCUT2D eigenvalue weighted by atomic mass is 10.0. The summed E-state index contributed by atoms with van der Waals surface area (Å²) in [6.07, 6.45) is 77.0. The minimum absolute atomic E-state index is 0.0554. The monoisotopic (exact) mass is 989 g/mol. The van der Waals surface area contributed by atoms with E-state index in [-0.39, 0.29) is 25.2 Å². The van der Waals surface area contributed by atoms with Gasteiger partial charge in [-0.25, -0.2) is 0 Å². The number of unbranched alkanes of at least 4 members (excludes halogenated alkanes) is 54. The van der Waals surface area contributed by atoms with E-state index < -0.39 is 6.10 Å². The Morgan fingerprint density at radius 3 is 0.629 bits per heavy atom. The molecule has 0 aliphatic rings. The van der Waals surface area contributed by atoms with Gasteiger partial charge in [0.05, 0.1) is 6.61 Å². The Kier molecular flexibility index (Phi) is 61.2. The maximum atomic E-state index is 12.3. The molecule has 0 amide bonds. The van der Waals surface area contributed by atoms with Crippen molar-refractivity contribution >= 4 is 11.9 Å². The number of hydrogen-bond acceptors (Lipinski definition) is 5. The summed E-state index contributed by atoms with van der Waals surface area (Å²) in [5, 5.41) is 9.68. The Bertz CT molecular complexity index is 983. The lowest BCUT2D eigenvalue weighted by Crippen LogP contribution is -2.28. The Hall–Kier alpha value is -1.10. The van der Waals surface area contributed by atoms with Crippen LogP contribution in [0.1, 0.15) is 386 Å². The Morgan fingerprint density at radius 2 is 0.443 bits per heavy atom. The maximum absolute atomic E-state index is 12.3. The summed E-state index contributed by atoms with van der Waals surface area (Å²) in [5.74, 6) is -0.560. The zero-order chi connectivity index (χ0) is 50.6. The van der Waals surface area contributed by atoms with Crippen LogP contribution >= 0.6 is 0 Å². The molecular weight excluding hydrogens is 861 g/mol. The summed E-state index contributed by atoms with van der Waals surface area (Å²) in [4.78, 5) is 24.6. The molecule has 0 bridgehead atoms. The zero-order valence-electron chi connectivity index (χ0n) is 48.1. The van der Waals surface area contributed by atoms with Crippen LogP contribution in [-0.4, -0.2) is 36.4 Å². The largest absolute Gasteiger partial charge is 0.462 e. The number of carbonyl (C=O) groups is 2. The molecule has 0 saturated heterocycles. The van der Waals surface area contributed by atoms with Gasteiger partial charge in [0.25, 0.3) is 0 Å². The zero-order valence-corrected chi connectivity index (χ0v) is 48.1. The van der Waals surface area contributed by atoms with Crippen molar-refractivity contribution in [1.82, 2.24) is 0 Å². The van der Waals surface area contributed by atoms with Gasteiger partial charge < -0.3 is 14.6 Å². The van der Waals surface area contributed by atoms with Crippen LogP contribution in [0.15, 0.2) is 0 Å². The van der Waals surface area contributed by atoms with E-state index in [2.05, 4.69) is 13.8 Å². The van der Waals surface area contributed by atoms with Crippen LogP contribution < -0.4 is 0 Å². The van der Waals surface area contributed by atoms with E-state index in [1.165, 1.54) is 327 Å². The Morgan fingerprint density at radius 1 is 0.271 bits per heavy atom. The van der Waals surface area contributed by atoms with Crippen LogP contribution in [0.2, 0.25) is 0 Å². The fraction of sp³-hybridized carbons (Fsp3) is 0.969. The maximum Gasteiger partial charge on any atom is 0.306 e. The van der Waals surface area contributed by atoms with Crippen molar-refractivity contribution < 1.29 is 24.2 Å². The van der Waals surface area contributed by atoms with Crippen molar-refractivity contribution in [3.63, 3.8) is 0 Å².